The highest BCUT2D eigenvalue weighted by Gasteiger charge is 2.31. The Kier molecular flexibility index (Phi) is 4.20. The van der Waals surface area contributed by atoms with E-state index in [1.807, 2.05) is 37.3 Å². The molecule has 4 heteroatoms. The lowest BCUT2D eigenvalue weighted by Gasteiger charge is -2.33. The number of benzene rings is 1. The maximum absolute atomic E-state index is 11.8. The highest BCUT2D eigenvalue weighted by Crippen LogP contribution is 2.25. The molecule has 0 saturated heterocycles. The van der Waals surface area contributed by atoms with Crippen molar-refractivity contribution in [1.82, 2.24) is 5.32 Å². The summed E-state index contributed by atoms with van der Waals surface area (Å²) in [6, 6.07) is 9.56. The van der Waals surface area contributed by atoms with Gasteiger partial charge in [-0.3, -0.25) is 4.79 Å². The van der Waals surface area contributed by atoms with E-state index in [0.29, 0.717) is 25.7 Å². The predicted octanol–water partition coefficient (Wildman–Crippen LogP) is 2.81. The molecule has 102 valence electrons. The molecule has 0 aromatic heterocycles. The van der Waals surface area contributed by atoms with Crippen molar-refractivity contribution >= 4 is 11.9 Å². The molecule has 2 rings (SSSR count). The molecule has 0 radical (unpaired) electrons. The third-order valence-corrected chi connectivity index (χ3v) is 3.53. The van der Waals surface area contributed by atoms with Gasteiger partial charge < -0.3 is 10.1 Å². The molecule has 1 saturated carbocycles. The van der Waals surface area contributed by atoms with E-state index < -0.39 is 6.09 Å². The van der Waals surface area contributed by atoms with Gasteiger partial charge in [0.1, 0.15) is 12.4 Å². The molecule has 1 amide bonds. The van der Waals surface area contributed by atoms with Gasteiger partial charge in [0.2, 0.25) is 0 Å². The Hall–Kier alpha value is -1.84. The summed E-state index contributed by atoms with van der Waals surface area (Å²) in [6.45, 7) is 2.23. The van der Waals surface area contributed by atoms with E-state index in [2.05, 4.69) is 5.32 Å². The van der Waals surface area contributed by atoms with Crippen LogP contribution < -0.4 is 5.32 Å². The van der Waals surface area contributed by atoms with Gasteiger partial charge in [-0.2, -0.15) is 0 Å². The normalized spacial score (nSPS) is 17.8. The Balaban J connectivity index is 1.79. The van der Waals surface area contributed by atoms with Crippen LogP contribution in [0.4, 0.5) is 4.79 Å². The summed E-state index contributed by atoms with van der Waals surface area (Å²) in [4.78, 5) is 23.0. The van der Waals surface area contributed by atoms with E-state index in [9.17, 15) is 9.59 Å². The standard InChI is InChI=1S/C15H19NO3/c1-15(9-7-13(17)8-10-15)16-14(18)19-11-12-5-3-2-4-6-12/h2-6H,7-11H2,1H3,(H,16,18). The fourth-order valence-electron chi connectivity index (χ4n) is 2.21. The van der Waals surface area contributed by atoms with E-state index >= 15 is 0 Å². The number of alkyl carbamates (subject to hydrolysis) is 1. The van der Waals surface area contributed by atoms with Crippen molar-refractivity contribution in [3.8, 4) is 0 Å². The van der Waals surface area contributed by atoms with Crippen LogP contribution >= 0.6 is 0 Å². The van der Waals surface area contributed by atoms with Crippen molar-refractivity contribution in [2.24, 2.45) is 0 Å². The first kappa shape index (κ1) is 13.6. The van der Waals surface area contributed by atoms with Crippen LogP contribution in [-0.4, -0.2) is 17.4 Å². The molecule has 0 spiro atoms. The number of rotatable bonds is 3. The van der Waals surface area contributed by atoms with Gasteiger partial charge in [-0.05, 0) is 25.3 Å². The first-order chi connectivity index (χ1) is 9.07. The molecular formula is C15H19NO3. The average molecular weight is 261 g/mol. The van der Waals surface area contributed by atoms with Crippen molar-refractivity contribution in [3.63, 3.8) is 0 Å². The van der Waals surface area contributed by atoms with E-state index in [1.54, 1.807) is 0 Å². The van der Waals surface area contributed by atoms with Crippen molar-refractivity contribution in [1.29, 1.82) is 0 Å². The van der Waals surface area contributed by atoms with Crippen molar-refractivity contribution in [2.75, 3.05) is 0 Å². The lowest BCUT2D eigenvalue weighted by molar-refractivity contribution is -0.121. The smallest absolute Gasteiger partial charge is 0.407 e. The summed E-state index contributed by atoms with van der Waals surface area (Å²) in [5.74, 6) is 0.275. The van der Waals surface area contributed by atoms with E-state index in [-0.39, 0.29) is 17.9 Å². The molecule has 4 nitrogen and oxygen atoms in total. The molecule has 1 aromatic carbocycles. The predicted molar refractivity (Wildman–Crippen MR) is 71.6 cm³/mol. The summed E-state index contributed by atoms with van der Waals surface area (Å²) >= 11 is 0. The highest BCUT2D eigenvalue weighted by molar-refractivity contribution is 5.80. The number of Topliss-reactive ketones (excluding diaryl/α,β-unsaturated/α-hetero) is 1. The van der Waals surface area contributed by atoms with E-state index in [1.165, 1.54) is 0 Å². The third kappa shape index (κ3) is 4.09. The summed E-state index contributed by atoms with van der Waals surface area (Å²) in [5.41, 5.74) is 0.642. The van der Waals surface area contributed by atoms with Gasteiger partial charge >= 0.3 is 6.09 Å². The first-order valence-corrected chi connectivity index (χ1v) is 6.58. The monoisotopic (exact) mass is 261 g/mol. The molecule has 1 fully saturated rings. The largest absolute Gasteiger partial charge is 0.445 e. The molecule has 0 bridgehead atoms. The molecule has 19 heavy (non-hydrogen) atoms. The second-order valence-corrected chi connectivity index (χ2v) is 5.29. The van der Waals surface area contributed by atoms with Gasteiger partial charge in [0, 0.05) is 18.4 Å². The lowest BCUT2D eigenvalue weighted by atomic mass is 9.83. The highest BCUT2D eigenvalue weighted by atomic mass is 16.5. The van der Waals surface area contributed by atoms with Crippen LogP contribution in [0.15, 0.2) is 30.3 Å². The summed E-state index contributed by atoms with van der Waals surface area (Å²) in [5, 5.41) is 2.87. The fraction of sp³-hybridized carbons (Fsp3) is 0.467. The van der Waals surface area contributed by atoms with Crippen LogP contribution in [0.5, 0.6) is 0 Å². The van der Waals surface area contributed by atoms with Crippen LogP contribution in [-0.2, 0) is 16.1 Å². The molecule has 0 unspecified atom stereocenters. The maximum atomic E-state index is 11.8. The van der Waals surface area contributed by atoms with Crippen LogP contribution in [0.3, 0.4) is 0 Å². The molecule has 1 aromatic rings. The zero-order valence-corrected chi connectivity index (χ0v) is 11.1. The Labute approximate surface area is 113 Å². The molecule has 0 atom stereocenters. The Morgan fingerprint density at radius 1 is 1.26 bits per heavy atom. The maximum Gasteiger partial charge on any atom is 0.407 e. The second kappa shape index (κ2) is 5.87. The summed E-state index contributed by atoms with van der Waals surface area (Å²) in [6.07, 6.45) is 2.03. The first-order valence-electron chi connectivity index (χ1n) is 6.58. The molecule has 1 N–H and O–H groups in total. The summed E-state index contributed by atoms with van der Waals surface area (Å²) < 4.78 is 5.19. The number of carbonyl (C=O) groups is 2. The number of amides is 1. The van der Waals surface area contributed by atoms with Crippen LogP contribution in [0, 0.1) is 0 Å². The minimum atomic E-state index is -0.416. The molecule has 1 aliphatic rings. The van der Waals surface area contributed by atoms with Gasteiger partial charge in [0.15, 0.2) is 0 Å². The van der Waals surface area contributed by atoms with E-state index in [4.69, 9.17) is 4.74 Å². The average Bonchev–Trinajstić information content (AvgIpc) is 2.41. The zero-order chi connectivity index (χ0) is 13.7. The fourth-order valence-corrected chi connectivity index (χ4v) is 2.21. The number of carbonyl (C=O) groups excluding carboxylic acids is 2. The molecular weight excluding hydrogens is 242 g/mol. The third-order valence-electron chi connectivity index (χ3n) is 3.53. The second-order valence-electron chi connectivity index (χ2n) is 5.29. The van der Waals surface area contributed by atoms with Crippen LogP contribution in [0.1, 0.15) is 38.2 Å². The SMILES string of the molecule is CC1(NC(=O)OCc2ccccc2)CCC(=O)CC1. The van der Waals surface area contributed by atoms with Crippen LogP contribution in [0.2, 0.25) is 0 Å². The van der Waals surface area contributed by atoms with Gasteiger partial charge in [0.05, 0.1) is 0 Å². The number of ketones is 1. The zero-order valence-electron chi connectivity index (χ0n) is 11.1. The number of hydrogen-bond donors (Lipinski definition) is 1. The number of nitrogens with one attached hydrogen (secondary N) is 1. The lowest BCUT2D eigenvalue weighted by Crippen LogP contribution is -2.48. The van der Waals surface area contributed by atoms with Gasteiger partial charge in [-0.25, -0.2) is 4.79 Å². The van der Waals surface area contributed by atoms with Crippen molar-refractivity contribution < 1.29 is 14.3 Å². The topological polar surface area (TPSA) is 55.4 Å². The Bertz CT molecular complexity index is 446. The minimum Gasteiger partial charge on any atom is -0.445 e. The summed E-state index contributed by atoms with van der Waals surface area (Å²) in [7, 11) is 0. The quantitative estimate of drug-likeness (QED) is 0.910. The van der Waals surface area contributed by atoms with Crippen molar-refractivity contribution in [3.05, 3.63) is 35.9 Å². The number of ether oxygens (including phenoxy) is 1. The van der Waals surface area contributed by atoms with Gasteiger partial charge in [0.25, 0.3) is 0 Å². The Morgan fingerprint density at radius 2 is 1.89 bits per heavy atom. The van der Waals surface area contributed by atoms with Crippen LogP contribution in [0.25, 0.3) is 0 Å². The molecule has 0 aliphatic heterocycles. The number of hydrogen-bond acceptors (Lipinski definition) is 3. The minimum absolute atomic E-state index is 0.266. The van der Waals surface area contributed by atoms with Gasteiger partial charge in [-0.15, -0.1) is 0 Å². The van der Waals surface area contributed by atoms with Gasteiger partial charge in [-0.1, -0.05) is 30.3 Å². The molecule has 0 heterocycles. The Morgan fingerprint density at radius 3 is 2.53 bits per heavy atom. The van der Waals surface area contributed by atoms with Crippen molar-refractivity contribution in [2.45, 2.75) is 44.8 Å². The van der Waals surface area contributed by atoms with E-state index in [0.717, 1.165) is 5.56 Å². The molecule has 1 aliphatic carbocycles.